The summed E-state index contributed by atoms with van der Waals surface area (Å²) in [5.41, 5.74) is 1.05. The molecule has 0 fully saturated rings. The second-order valence-electron chi connectivity index (χ2n) is 6.62. The van der Waals surface area contributed by atoms with Gasteiger partial charge in [0.05, 0.1) is 12.0 Å². The average molecular weight is 456 g/mol. The zero-order valence-corrected chi connectivity index (χ0v) is 18.8. The van der Waals surface area contributed by atoms with Crippen LogP contribution < -0.4 is 14.8 Å². The first-order valence-electron chi connectivity index (χ1n) is 8.94. The number of nitrogens with zero attached hydrogens (tertiary/aromatic N) is 1. The van der Waals surface area contributed by atoms with Crippen LogP contribution in [0.2, 0.25) is 0 Å². The van der Waals surface area contributed by atoms with Crippen molar-refractivity contribution >= 4 is 26.0 Å². The summed E-state index contributed by atoms with van der Waals surface area (Å²) < 4.78 is 57.9. The molecule has 0 radical (unpaired) electrons. The van der Waals surface area contributed by atoms with Crippen molar-refractivity contribution in [3.8, 4) is 5.75 Å². The molecular formula is C19H25N3O6S2. The lowest BCUT2D eigenvalue weighted by Gasteiger charge is -2.15. The maximum absolute atomic E-state index is 12.5. The van der Waals surface area contributed by atoms with Gasteiger partial charge in [-0.1, -0.05) is 17.7 Å². The number of sulfonamides is 2. The molecule has 2 aromatic rings. The van der Waals surface area contributed by atoms with E-state index in [-0.39, 0.29) is 34.2 Å². The quantitative estimate of drug-likeness (QED) is 0.543. The first-order valence-corrected chi connectivity index (χ1v) is 11.9. The number of hydrogen-bond donors (Lipinski definition) is 2. The molecule has 0 aromatic heterocycles. The van der Waals surface area contributed by atoms with Gasteiger partial charge in [0, 0.05) is 32.7 Å². The summed E-state index contributed by atoms with van der Waals surface area (Å²) in [5.74, 6) is -0.423. The second kappa shape index (κ2) is 9.56. The molecule has 2 N–H and O–H groups in total. The topological polar surface area (TPSA) is 122 Å². The van der Waals surface area contributed by atoms with Crippen LogP contribution in [0.4, 0.5) is 0 Å². The number of rotatable bonds is 9. The van der Waals surface area contributed by atoms with E-state index in [2.05, 4.69) is 10.0 Å². The summed E-state index contributed by atoms with van der Waals surface area (Å²) in [6.07, 6.45) is 0. The van der Waals surface area contributed by atoms with Crippen LogP contribution >= 0.6 is 0 Å². The molecule has 0 atom stereocenters. The highest BCUT2D eigenvalue weighted by atomic mass is 32.2. The summed E-state index contributed by atoms with van der Waals surface area (Å²) in [4.78, 5) is 12.4. The van der Waals surface area contributed by atoms with Gasteiger partial charge in [0.2, 0.25) is 20.0 Å². The Labute approximate surface area is 177 Å². The van der Waals surface area contributed by atoms with Crippen LogP contribution in [0.25, 0.3) is 0 Å². The molecule has 164 valence electrons. The first kappa shape index (κ1) is 23.8. The number of benzene rings is 2. The Morgan fingerprint density at radius 3 is 2.20 bits per heavy atom. The van der Waals surface area contributed by atoms with Gasteiger partial charge in [-0.3, -0.25) is 4.79 Å². The summed E-state index contributed by atoms with van der Waals surface area (Å²) in [7, 11) is -3.41. The Kier molecular flexibility index (Phi) is 7.59. The van der Waals surface area contributed by atoms with Gasteiger partial charge < -0.3 is 10.1 Å². The molecule has 2 rings (SSSR count). The maximum atomic E-state index is 12.5. The van der Waals surface area contributed by atoms with E-state index in [0.29, 0.717) is 0 Å². The van der Waals surface area contributed by atoms with E-state index >= 15 is 0 Å². The largest absolute Gasteiger partial charge is 0.495 e. The Balaban J connectivity index is 2.04. The van der Waals surface area contributed by atoms with Gasteiger partial charge >= 0.3 is 0 Å². The van der Waals surface area contributed by atoms with Gasteiger partial charge in [0.25, 0.3) is 5.91 Å². The molecule has 0 heterocycles. The minimum atomic E-state index is -3.82. The maximum Gasteiger partial charge on any atom is 0.251 e. The molecule has 1 amide bonds. The monoisotopic (exact) mass is 455 g/mol. The van der Waals surface area contributed by atoms with Crippen LogP contribution in [0.5, 0.6) is 5.75 Å². The van der Waals surface area contributed by atoms with Crippen LogP contribution in [-0.2, 0) is 20.0 Å². The lowest BCUT2D eigenvalue weighted by atomic mass is 10.2. The predicted molar refractivity (Wildman–Crippen MR) is 113 cm³/mol. The third-order valence-corrected chi connectivity index (χ3v) is 7.53. The van der Waals surface area contributed by atoms with Crippen molar-refractivity contribution in [2.75, 3.05) is 34.3 Å². The number of carbonyl (C=O) groups is 1. The van der Waals surface area contributed by atoms with Crippen LogP contribution in [-0.4, -0.2) is 61.3 Å². The van der Waals surface area contributed by atoms with Crippen molar-refractivity contribution in [3.05, 3.63) is 53.6 Å². The molecular weight excluding hydrogens is 430 g/mol. The Morgan fingerprint density at radius 1 is 1.00 bits per heavy atom. The van der Waals surface area contributed by atoms with Crippen molar-refractivity contribution in [2.24, 2.45) is 0 Å². The van der Waals surface area contributed by atoms with E-state index in [1.165, 1.54) is 51.5 Å². The second-order valence-corrected chi connectivity index (χ2v) is 10.5. The zero-order valence-electron chi connectivity index (χ0n) is 17.2. The molecule has 0 aliphatic rings. The van der Waals surface area contributed by atoms with Crippen LogP contribution in [0.15, 0.2) is 52.3 Å². The lowest BCUT2D eigenvalue weighted by Crippen LogP contribution is -2.34. The van der Waals surface area contributed by atoms with Gasteiger partial charge in [-0.2, -0.15) is 0 Å². The Morgan fingerprint density at radius 2 is 1.63 bits per heavy atom. The normalized spacial score (nSPS) is 12.0. The van der Waals surface area contributed by atoms with E-state index in [1.807, 2.05) is 6.92 Å². The molecule has 0 spiro atoms. The highest BCUT2D eigenvalue weighted by molar-refractivity contribution is 7.89. The molecule has 0 aliphatic carbocycles. The number of ether oxygens (including phenoxy) is 1. The Bertz CT molecular complexity index is 1110. The summed E-state index contributed by atoms with van der Waals surface area (Å²) in [6.45, 7) is 1.85. The molecule has 0 saturated heterocycles. The van der Waals surface area contributed by atoms with E-state index < -0.39 is 26.0 Å². The molecule has 9 nitrogen and oxygen atoms in total. The van der Waals surface area contributed by atoms with Crippen molar-refractivity contribution in [1.29, 1.82) is 0 Å². The third kappa shape index (κ3) is 5.57. The molecule has 0 unspecified atom stereocenters. The van der Waals surface area contributed by atoms with Crippen molar-refractivity contribution < 1.29 is 26.4 Å². The van der Waals surface area contributed by atoms with Crippen molar-refractivity contribution in [3.63, 3.8) is 0 Å². The minimum Gasteiger partial charge on any atom is -0.495 e. The van der Waals surface area contributed by atoms with Gasteiger partial charge in [0.15, 0.2) is 0 Å². The minimum absolute atomic E-state index is 0.0196. The van der Waals surface area contributed by atoms with Crippen LogP contribution in [0, 0.1) is 6.92 Å². The highest BCUT2D eigenvalue weighted by Crippen LogP contribution is 2.26. The molecule has 11 heteroatoms. The van der Waals surface area contributed by atoms with Gasteiger partial charge in [0.1, 0.15) is 10.6 Å². The number of aryl methyl sites for hydroxylation is 1. The van der Waals surface area contributed by atoms with E-state index in [9.17, 15) is 21.6 Å². The van der Waals surface area contributed by atoms with Crippen LogP contribution in [0.1, 0.15) is 15.9 Å². The van der Waals surface area contributed by atoms with E-state index in [1.54, 1.807) is 12.1 Å². The number of hydrogen-bond acceptors (Lipinski definition) is 6. The highest BCUT2D eigenvalue weighted by Gasteiger charge is 2.24. The van der Waals surface area contributed by atoms with Crippen LogP contribution in [0.3, 0.4) is 0 Å². The fraction of sp³-hybridized carbons (Fsp3) is 0.316. The molecule has 0 aliphatic heterocycles. The van der Waals surface area contributed by atoms with Crippen molar-refractivity contribution in [2.45, 2.75) is 16.7 Å². The Hall–Kier alpha value is -2.47. The molecule has 0 bridgehead atoms. The van der Waals surface area contributed by atoms with Gasteiger partial charge in [-0.05, 0) is 37.3 Å². The van der Waals surface area contributed by atoms with Gasteiger partial charge in [-0.15, -0.1) is 0 Å². The standard InChI is InChI=1S/C19H25N3O6S2/c1-14-5-8-16(9-6-14)29(24,25)21-12-11-20-19(23)15-7-10-17(28-4)18(13-15)30(26,27)22(2)3/h5-10,13,21H,11-12H2,1-4H3,(H,20,23). The SMILES string of the molecule is COc1ccc(C(=O)NCCNS(=O)(=O)c2ccc(C)cc2)cc1S(=O)(=O)N(C)C. The number of carbonyl (C=O) groups excluding carboxylic acids is 1. The number of amides is 1. The molecule has 0 saturated carbocycles. The molecule has 2 aromatic carbocycles. The fourth-order valence-corrected chi connectivity index (χ4v) is 4.59. The first-order chi connectivity index (χ1) is 14.0. The zero-order chi connectivity index (χ0) is 22.5. The van der Waals surface area contributed by atoms with E-state index in [4.69, 9.17) is 4.74 Å². The smallest absolute Gasteiger partial charge is 0.251 e. The summed E-state index contributed by atoms with van der Waals surface area (Å²) in [5, 5.41) is 2.56. The summed E-state index contributed by atoms with van der Waals surface area (Å²) in [6, 6.07) is 10.4. The predicted octanol–water partition coefficient (Wildman–Crippen LogP) is 0.962. The number of nitrogens with one attached hydrogen (secondary N) is 2. The lowest BCUT2D eigenvalue weighted by molar-refractivity contribution is 0.0954. The van der Waals surface area contributed by atoms with Gasteiger partial charge in [-0.25, -0.2) is 25.9 Å². The summed E-state index contributed by atoms with van der Waals surface area (Å²) >= 11 is 0. The van der Waals surface area contributed by atoms with E-state index in [0.717, 1.165) is 9.87 Å². The molecule has 30 heavy (non-hydrogen) atoms. The van der Waals surface area contributed by atoms with Crippen molar-refractivity contribution in [1.82, 2.24) is 14.3 Å². The third-order valence-electron chi connectivity index (χ3n) is 4.22. The average Bonchev–Trinajstić information content (AvgIpc) is 2.70. The fourth-order valence-electron chi connectivity index (χ4n) is 2.48. The number of methoxy groups -OCH3 is 1.